The minimum absolute atomic E-state index is 0.0572. The van der Waals surface area contributed by atoms with E-state index >= 15 is 0 Å². The van der Waals surface area contributed by atoms with Crippen LogP contribution in [0.1, 0.15) is 6.42 Å². The zero-order valence-electron chi connectivity index (χ0n) is 7.66. The van der Waals surface area contributed by atoms with Crippen LogP contribution in [0.2, 0.25) is 0 Å². The third-order valence-corrected chi connectivity index (χ3v) is 3.34. The van der Waals surface area contributed by atoms with Gasteiger partial charge in [-0.2, -0.15) is 0 Å². The Kier molecular flexibility index (Phi) is 5.70. The van der Waals surface area contributed by atoms with Crippen LogP contribution in [0.15, 0.2) is 0 Å². The SMILES string of the molecule is CSC(N)CC(CP(=O)(O)O)C(=O)O. The summed E-state index contributed by atoms with van der Waals surface area (Å²) in [7, 11) is -4.29. The van der Waals surface area contributed by atoms with Crippen LogP contribution in [0.3, 0.4) is 0 Å². The molecule has 0 amide bonds. The second-order valence-electron chi connectivity index (χ2n) is 2.89. The molecule has 0 aliphatic carbocycles. The van der Waals surface area contributed by atoms with E-state index in [0.29, 0.717) is 0 Å². The number of carboxylic acids is 1. The molecule has 0 aliphatic heterocycles. The monoisotopic (exact) mass is 243 g/mol. The number of thioether (sulfide) groups is 1. The average Bonchev–Trinajstić information content (AvgIpc) is 2.00. The largest absolute Gasteiger partial charge is 0.481 e. The summed E-state index contributed by atoms with van der Waals surface area (Å²) in [4.78, 5) is 27.9. The third kappa shape index (κ3) is 6.39. The lowest BCUT2D eigenvalue weighted by atomic mass is 10.1. The molecule has 0 heterocycles. The summed E-state index contributed by atoms with van der Waals surface area (Å²) in [5.41, 5.74) is 5.48. The Balaban J connectivity index is 4.31. The molecule has 0 bridgehead atoms. The van der Waals surface area contributed by atoms with Crippen molar-refractivity contribution in [3.63, 3.8) is 0 Å². The normalized spacial score (nSPS) is 16.3. The van der Waals surface area contributed by atoms with Crippen molar-refractivity contribution in [2.75, 3.05) is 12.4 Å². The zero-order chi connectivity index (χ0) is 11.4. The number of nitrogens with two attached hydrogens (primary N) is 1. The van der Waals surface area contributed by atoms with Crippen molar-refractivity contribution < 1.29 is 24.3 Å². The van der Waals surface area contributed by atoms with Crippen molar-refractivity contribution >= 4 is 25.3 Å². The molecule has 0 aromatic rings. The summed E-state index contributed by atoms with van der Waals surface area (Å²) in [5.74, 6) is -2.31. The van der Waals surface area contributed by atoms with E-state index in [9.17, 15) is 9.36 Å². The first kappa shape index (κ1) is 13.9. The van der Waals surface area contributed by atoms with Gasteiger partial charge in [0.15, 0.2) is 0 Å². The molecule has 0 spiro atoms. The summed E-state index contributed by atoms with van der Waals surface area (Å²) < 4.78 is 10.6. The number of aliphatic carboxylic acids is 1. The number of rotatable bonds is 6. The Morgan fingerprint density at radius 2 is 2.07 bits per heavy atom. The molecular weight excluding hydrogens is 229 g/mol. The zero-order valence-corrected chi connectivity index (χ0v) is 9.37. The van der Waals surface area contributed by atoms with E-state index in [1.807, 2.05) is 0 Å². The van der Waals surface area contributed by atoms with E-state index in [1.54, 1.807) is 6.26 Å². The summed E-state index contributed by atoms with van der Waals surface area (Å²) in [6.45, 7) is 0. The van der Waals surface area contributed by atoms with E-state index in [4.69, 9.17) is 20.6 Å². The van der Waals surface area contributed by atoms with E-state index in [2.05, 4.69) is 0 Å². The van der Waals surface area contributed by atoms with Crippen LogP contribution in [0.25, 0.3) is 0 Å². The lowest BCUT2D eigenvalue weighted by Crippen LogP contribution is -2.27. The standard InChI is InChI=1S/C6H14NO5PS/c1-14-5(7)2-4(6(8)9)3-13(10,11)12/h4-5H,2-3,7H2,1H3,(H,8,9)(H2,10,11,12). The van der Waals surface area contributed by atoms with Gasteiger partial charge < -0.3 is 20.6 Å². The Bertz CT molecular complexity index is 242. The third-order valence-electron chi connectivity index (χ3n) is 1.63. The van der Waals surface area contributed by atoms with Crippen molar-refractivity contribution in [2.24, 2.45) is 11.7 Å². The number of carboxylic acid groups (broad SMARTS) is 1. The number of hydrogen-bond acceptors (Lipinski definition) is 4. The molecule has 84 valence electrons. The van der Waals surface area contributed by atoms with Gasteiger partial charge in [-0.25, -0.2) is 0 Å². The fourth-order valence-corrected chi connectivity index (χ4v) is 2.22. The lowest BCUT2D eigenvalue weighted by molar-refractivity contribution is -0.141. The molecule has 2 atom stereocenters. The van der Waals surface area contributed by atoms with Crippen LogP contribution in [-0.4, -0.2) is 38.7 Å². The maximum absolute atomic E-state index is 10.6. The summed E-state index contributed by atoms with van der Waals surface area (Å²) in [6, 6.07) is 0. The van der Waals surface area contributed by atoms with E-state index in [-0.39, 0.29) is 6.42 Å². The number of hydrogen-bond donors (Lipinski definition) is 4. The predicted octanol–water partition coefficient (Wildman–Crippen LogP) is -0.0972. The van der Waals surface area contributed by atoms with Gasteiger partial charge in [0.25, 0.3) is 0 Å². The molecule has 0 aromatic carbocycles. The highest BCUT2D eigenvalue weighted by atomic mass is 32.2. The first-order valence-electron chi connectivity index (χ1n) is 3.82. The quantitative estimate of drug-likeness (QED) is 0.379. The van der Waals surface area contributed by atoms with Crippen molar-refractivity contribution in [3.8, 4) is 0 Å². The summed E-state index contributed by atoms with van der Waals surface area (Å²) >= 11 is 1.26. The first-order valence-corrected chi connectivity index (χ1v) is 6.90. The highest BCUT2D eigenvalue weighted by Crippen LogP contribution is 2.38. The molecule has 14 heavy (non-hydrogen) atoms. The van der Waals surface area contributed by atoms with Gasteiger partial charge in [-0.3, -0.25) is 9.36 Å². The minimum atomic E-state index is -4.29. The van der Waals surface area contributed by atoms with Crippen LogP contribution in [0.4, 0.5) is 0 Å². The summed E-state index contributed by atoms with van der Waals surface area (Å²) in [6.07, 6.45) is 1.11. The molecule has 0 aliphatic rings. The fraction of sp³-hybridized carbons (Fsp3) is 0.833. The van der Waals surface area contributed by atoms with E-state index in [1.165, 1.54) is 11.8 Å². The molecule has 0 aromatic heterocycles. The van der Waals surface area contributed by atoms with Crippen molar-refractivity contribution in [3.05, 3.63) is 0 Å². The molecule has 0 saturated carbocycles. The fourth-order valence-electron chi connectivity index (χ4n) is 0.917. The average molecular weight is 243 g/mol. The smallest absolute Gasteiger partial charge is 0.326 e. The van der Waals surface area contributed by atoms with E-state index < -0.39 is 31.0 Å². The van der Waals surface area contributed by atoms with Gasteiger partial charge in [0.2, 0.25) is 0 Å². The van der Waals surface area contributed by atoms with Crippen LogP contribution in [0.5, 0.6) is 0 Å². The maximum atomic E-state index is 10.6. The van der Waals surface area contributed by atoms with Crippen molar-refractivity contribution in [1.29, 1.82) is 0 Å². The van der Waals surface area contributed by atoms with Crippen LogP contribution in [0, 0.1) is 5.92 Å². The topological polar surface area (TPSA) is 121 Å². The van der Waals surface area contributed by atoms with E-state index in [0.717, 1.165) is 0 Å². The van der Waals surface area contributed by atoms with Crippen molar-refractivity contribution in [2.45, 2.75) is 11.8 Å². The second kappa shape index (κ2) is 5.72. The minimum Gasteiger partial charge on any atom is -0.481 e. The van der Waals surface area contributed by atoms with Gasteiger partial charge >= 0.3 is 13.6 Å². The molecule has 2 unspecified atom stereocenters. The van der Waals surface area contributed by atoms with Crippen LogP contribution < -0.4 is 5.73 Å². The molecule has 8 heteroatoms. The Morgan fingerprint density at radius 3 is 2.36 bits per heavy atom. The lowest BCUT2D eigenvalue weighted by Gasteiger charge is -2.16. The van der Waals surface area contributed by atoms with Crippen LogP contribution >= 0.6 is 19.4 Å². The molecule has 0 radical (unpaired) electrons. The van der Waals surface area contributed by atoms with Gasteiger partial charge in [0, 0.05) is 0 Å². The highest BCUT2D eigenvalue weighted by molar-refractivity contribution is 7.99. The van der Waals surface area contributed by atoms with Crippen LogP contribution in [-0.2, 0) is 9.36 Å². The van der Waals surface area contributed by atoms with Crippen molar-refractivity contribution in [1.82, 2.24) is 0 Å². The van der Waals surface area contributed by atoms with Gasteiger partial charge in [-0.15, -0.1) is 11.8 Å². The van der Waals surface area contributed by atoms with Gasteiger partial charge in [-0.1, -0.05) is 0 Å². The molecule has 0 saturated heterocycles. The second-order valence-corrected chi connectivity index (χ2v) is 5.66. The molecular formula is C6H14NO5PS. The molecule has 5 N–H and O–H groups in total. The number of carbonyl (C=O) groups is 1. The Morgan fingerprint density at radius 1 is 1.57 bits per heavy atom. The van der Waals surface area contributed by atoms with Gasteiger partial charge in [0.05, 0.1) is 17.5 Å². The first-order chi connectivity index (χ1) is 6.26. The molecule has 6 nitrogen and oxygen atoms in total. The molecule has 0 fully saturated rings. The molecule has 0 rings (SSSR count). The highest BCUT2D eigenvalue weighted by Gasteiger charge is 2.28. The van der Waals surface area contributed by atoms with Gasteiger partial charge in [0.1, 0.15) is 0 Å². The maximum Gasteiger partial charge on any atom is 0.326 e. The van der Waals surface area contributed by atoms with Gasteiger partial charge in [-0.05, 0) is 12.7 Å². The summed E-state index contributed by atoms with van der Waals surface area (Å²) in [5, 5.41) is 8.26. The Labute approximate surface area is 86.0 Å². The predicted molar refractivity (Wildman–Crippen MR) is 54.1 cm³/mol. The Hall–Kier alpha value is -0.0700.